The second-order valence-corrected chi connectivity index (χ2v) is 5.90. The zero-order valence-electron chi connectivity index (χ0n) is 12.3. The number of para-hydroxylation sites is 1. The maximum absolute atomic E-state index is 5.76. The molecule has 4 nitrogen and oxygen atoms in total. The van der Waals surface area contributed by atoms with Crippen LogP contribution in [0.5, 0.6) is 5.75 Å². The van der Waals surface area contributed by atoms with Gasteiger partial charge in [0.1, 0.15) is 5.75 Å². The number of nitrogens with zero attached hydrogens (tertiary/aromatic N) is 2. The molecule has 1 aromatic rings. The van der Waals surface area contributed by atoms with Gasteiger partial charge in [-0.15, -0.1) is 0 Å². The summed E-state index contributed by atoms with van der Waals surface area (Å²) >= 11 is 0. The molecule has 0 radical (unpaired) electrons. The average molecular weight is 275 g/mol. The van der Waals surface area contributed by atoms with Gasteiger partial charge < -0.3 is 15.0 Å². The Morgan fingerprint density at radius 3 is 2.95 bits per heavy atom. The summed E-state index contributed by atoms with van der Waals surface area (Å²) in [5.74, 6) is 1.60. The van der Waals surface area contributed by atoms with E-state index < -0.39 is 0 Å². The van der Waals surface area contributed by atoms with Gasteiger partial charge in [-0.05, 0) is 13.1 Å². The summed E-state index contributed by atoms with van der Waals surface area (Å²) in [5, 5.41) is 3.40. The van der Waals surface area contributed by atoms with Crippen LogP contribution < -0.4 is 10.1 Å². The number of nitrogens with one attached hydrogen (secondary N) is 1. The van der Waals surface area contributed by atoms with Gasteiger partial charge in [0.15, 0.2) is 0 Å². The summed E-state index contributed by atoms with van der Waals surface area (Å²) < 4.78 is 5.76. The SMILES string of the molecule is CN(CCN1CCNCC1)CC1COc2ccccc21. The van der Waals surface area contributed by atoms with E-state index in [1.165, 1.54) is 25.2 Å². The Kier molecular flexibility index (Phi) is 4.55. The molecule has 0 amide bonds. The molecule has 1 unspecified atom stereocenters. The molecule has 0 saturated carbocycles. The third-order valence-electron chi connectivity index (χ3n) is 4.34. The van der Waals surface area contributed by atoms with Gasteiger partial charge in [-0.25, -0.2) is 0 Å². The number of fused-ring (bicyclic) bond motifs is 1. The van der Waals surface area contributed by atoms with Gasteiger partial charge in [-0.3, -0.25) is 4.90 Å². The van der Waals surface area contributed by atoms with Gasteiger partial charge in [0.25, 0.3) is 0 Å². The van der Waals surface area contributed by atoms with Crippen LogP contribution in [0.25, 0.3) is 0 Å². The van der Waals surface area contributed by atoms with E-state index in [0.717, 1.165) is 38.5 Å². The van der Waals surface area contributed by atoms with E-state index in [2.05, 4.69) is 46.4 Å². The topological polar surface area (TPSA) is 27.7 Å². The molecule has 4 heteroatoms. The molecule has 0 aliphatic carbocycles. The molecule has 1 N–H and O–H groups in total. The molecule has 0 aromatic heterocycles. The highest BCUT2D eigenvalue weighted by Crippen LogP contribution is 2.33. The van der Waals surface area contributed by atoms with Gasteiger partial charge in [0.05, 0.1) is 6.61 Å². The fraction of sp³-hybridized carbons (Fsp3) is 0.625. The van der Waals surface area contributed by atoms with Gasteiger partial charge in [-0.1, -0.05) is 18.2 Å². The minimum absolute atomic E-state index is 0.527. The van der Waals surface area contributed by atoms with Crippen molar-refractivity contribution in [2.45, 2.75) is 5.92 Å². The lowest BCUT2D eigenvalue weighted by Gasteiger charge is -2.29. The minimum atomic E-state index is 0.527. The predicted molar refractivity (Wildman–Crippen MR) is 81.5 cm³/mol. The van der Waals surface area contributed by atoms with Crippen LogP contribution in [-0.4, -0.2) is 69.3 Å². The number of piperazine rings is 1. The summed E-state index contributed by atoms with van der Waals surface area (Å²) in [5.41, 5.74) is 1.38. The van der Waals surface area contributed by atoms with Gasteiger partial charge in [0.2, 0.25) is 0 Å². The summed E-state index contributed by atoms with van der Waals surface area (Å²) in [7, 11) is 2.23. The summed E-state index contributed by atoms with van der Waals surface area (Å²) in [6.07, 6.45) is 0. The van der Waals surface area contributed by atoms with E-state index in [1.807, 2.05) is 0 Å². The largest absolute Gasteiger partial charge is 0.493 e. The maximum Gasteiger partial charge on any atom is 0.122 e. The van der Waals surface area contributed by atoms with Crippen LogP contribution in [0.2, 0.25) is 0 Å². The van der Waals surface area contributed by atoms with Crippen LogP contribution in [0.1, 0.15) is 11.5 Å². The molecule has 3 rings (SSSR count). The highest BCUT2D eigenvalue weighted by molar-refractivity contribution is 5.39. The van der Waals surface area contributed by atoms with Crippen molar-refractivity contribution in [1.82, 2.24) is 15.1 Å². The first-order valence-electron chi connectivity index (χ1n) is 7.66. The Labute approximate surface area is 121 Å². The summed E-state index contributed by atoms with van der Waals surface area (Å²) in [4.78, 5) is 4.99. The third-order valence-corrected chi connectivity index (χ3v) is 4.34. The van der Waals surface area contributed by atoms with Crippen molar-refractivity contribution in [3.05, 3.63) is 29.8 Å². The van der Waals surface area contributed by atoms with Gasteiger partial charge in [-0.2, -0.15) is 0 Å². The van der Waals surface area contributed by atoms with E-state index in [1.54, 1.807) is 0 Å². The van der Waals surface area contributed by atoms with E-state index >= 15 is 0 Å². The average Bonchev–Trinajstić information content (AvgIpc) is 2.90. The fourth-order valence-corrected chi connectivity index (χ4v) is 3.09. The van der Waals surface area contributed by atoms with Crippen LogP contribution in [0.3, 0.4) is 0 Å². The first kappa shape index (κ1) is 13.9. The molecule has 0 spiro atoms. The van der Waals surface area contributed by atoms with E-state index in [4.69, 9.17) is 4.74 Å². The van der Waals surface area contributed by atoms with Crippen molar-refractivity contribution in [2.24, 2.45) is 0 Å². The van der Waals surface area contributed by atoms with Crippen molar-refractivity contribution in [3.8, 4) is 5.75 Å². The molecule has 110 valence electrons. The lowest BCUT2D eigenvalue weighted by molar-refractivity contribution is 0.196. The summed E-state index contributed by atoms with van der Waals surface area (Å²) in [6, 6.07) is 8.45. The molecule has 2 aliphatic heterocycles. The molecular weight excluding hydrogens is 250 g/mol. The molecular formula is C16H25N3O. The molecule has 2 aliphatic rings. The highest BCUT2D eigenvalue weighted by atomic mass is 16.5. The van der Waals surface area contributed by atoms with Crippen LogP contribution in [0.4, 0.5) is 0 Å². The number of hydrogen-bond donors (Lipinski definition) is 1. The zero-order chi connectivity index (χ0) is 13.8. The van der Waals surface area contributed by atoms with Crippen molar-refractivity contribution in [1.29, 1.82) is 0 Å². The van der Waals surface area contributed by atoms with E-state index in [0.29, 0.717) is 5.92 Å². The van der Waals surface area contributed by atoms with Crippen LogP contribution >= 0.6 is 0 Å². The van der Waals surface area contributed by atoms with Crippen molar-refractivity contribution < 1.29 is 4.74 Å². The smallest absolute Gasteiger partial charge is 0.122 e. The molecule has 1 atom stereocenters. The molecule has 2 heterocycles. The zero-order valence-corrected chi connectivity index (χ0v) is 12.3. The van der Waals surface area contributed by atoms with Crippen molar-refractivity contribution in [2.75, 3.05) is 59.5 Å². The summed E-state index contributed by atoms with van der Waals surface area (Å²) in [6.45, 7) is 8.86. The van der Waals surface area contributed by atoms with Gasteiger partial charge in [0, 0.05) is 57.3 Å². The Bertz CT molecular complexity index is 431. The standard InChI is InChI=1S/C16H25N3O/c1-18(10-11-19-8-6-17-7-9-19)12-14-13-20-16-5-3-2-4-15(14)16/h2-5,14,17H,6-13H2,1H3. The number of hydrogen-bond acceptors (Lipinski definition) is 4. The number of rotatable bonds is 5. The van der Waals surface area contributed by atoms with Crippen LogP contribution in [0, 0.1) is 0 Å². The van der Waals surface area contributed by atoms with Crippen LogP contribution in [-0.2, 0) is 0 Å². The highest BCUT2D eigenvalue weighted by Gasteiger charge is 2.24. The fourth-order valence-electron chi connectivity index (χ4n) is 3.09. The van der Waals surface area contributed by atoms with Crippen LogP contribution in [0.15, 0.2) is 24.3 Å². The van der Waals surface area contributed by atoms with E-state index in [9.17, 15) is 0 Å². The predicted octanol–water partition coefficient (Wildman–Crippen LogP) is 1.000. The second-order valence-electron chi connectivity index (χ2n) is 5.90. The van der Waals surface area contributed by atoms with E-state index in [-0.39, 0.29) is 0 Å². The lowest BCUT2D eigenvalue weighted by atomic mass is 10.0. The Morgan fingerprint density at radius 1 is 1.30 bits per heavy atom. The quantitative estimate of drug-likeness (QED) is 0.868. The monoisotopic (exact) mass is 275 g/mol. The molecule has 1 fully saturated rings. The normalized spacial score (nSPS) is 22.8. The first-order chi connectivity index (χ1) is 9.83. The lowest BCUT2D eigenvalue weighted by Crippen LogP contribution is -2.46. The number of benzene rings is 1. The van der Waals surface area contributed by atoms with Crippen molar-refractivity contribution in [3.63, 3.8) is 0 Å². The Hall–Kier alpha value is -1.10. The molecule has 0 bridgehead atoms. The molecule has 1 aromatic carbocycles. The maximum atomic E-state index is 5.76. The van der Waals surface area contributed by atoms with Crippen molar-refractivity contribution >= 4 is 0 Å². The molecule has 1 saturated heterocycles. The Balaban J connectivity index is 1.46. The number of ether oxygens (including phenoxy) is 1. The molecule has 20 heavy (non-hydrogen) atoms. The second kappa shape index (κ2) is 6.57. The first-order valence-corrected chi connectivity index (χ1v) is 7.66. The third kappa shape index (κ3) is 3.32. The number of likely N-dealkylation sites (N-methyl/N-ethyl adjacent to an activating group) is 1. The van der Waals surface area contributed by atoms with Gasteiger partial charge >= 0.3 is 0 Å². The Morgan fingerprint density at radius 2 is 2.10 bits per heavy atom. The minimum Gasteiger partial charge on any atom is -0.493 e.